The Hall–Kier alpha value is -3.30. The van der Waals surface area contributed by atoms with Crippen LogP contribution in [0.1, 0.15) is 28.8 Å². The first-order chi connectivity index (χ1) is 16.5. The second-order valence-electron chi connectivity index (χ2n) is 8.68. The number of anilines is 2. The van der Waals surface area contributed by atoms with Crippen molar-refractivity contribution >= 4 is 50.1 Å². The molecular weight excluding hydrogens is 450 g/mol. The molecule has 0 aliphatic carbocycles. The molecular formula is C25H27N5O3S. The molecule has 8 nitrogen and oxygen atoms in total. The lowest BCUT2D eigenvalue weighted by Gasteiger charge is -2.34. The number of piperazine rings is 1. The highest BCUT2D eigenvalue weighted by molar-refractivity contribution is 7.22. The molecule has 0 radical (unpaired) electrons. The van der Waals surface area contributed by atoms with Crippen molar-refractivity contribution in [1.82, 2.24) is 15.2 Å². The number of nitrogens with zero attached hydrogens (tertiary/aromatic N) is 4. The molecule has 1 N–H and O–H groups in total. The largest absolute Gasteiger partial charge is 0.351 e. The first kappa shape index (κ1) is 22.5. The number of rotatable bonds is 6. The molecule has 3 aromatic rings. The first-order valence-electron chi connectivity index (χ1n) is 11.6. The van der Waals surface area contributed by atoms with Crippen molar-refractivity contribution in [2.45, 2.75) is 19.8 Å². The van der Waals surface area contributed by atoms with Crippen LogP contribution in [-0.4, -0.2) is 66.9 Å². The van der Waals surface area contributed by atoms with Gasteiger partial charge in [0.2, 0.25) is 11.8 Å². The van der Waals surface area contributed by atoms with E-state index in [1.54, 1.807) is 35.6 Å². The maximum atomic E-state index is 12.6. The summed E-state index contributed by atoms with van der Waals surface area (Å²) in [5.74, 6) is -0.644. The predicted octanol–water partition coefficient (Wildman–Crippen LogP) is 2.81. The lowest BCUT2D eigenvalue weighted by molar-refractivity contribution is -0.121. The van der Waals surface area contributed by atoms with Gasteiger partial charge in [-0.2, -0.15) is 0 Å². The van der Waals surface area contributed by atoms with E-state index in [9.17, 15) is 14.4 Å². The molecule has 3 amide bonds. The van der Waals surface area contributed by atoms with Gasteiger partial charge in [-0.15, -0.1) is 0 Å². The summed E-state index contributed by atoms with van der Waals surface area (Å²) >= 11 is 1.74. The van der Waals surface area contributed by atoms with Crippen LogP contribution in [0, 0.1) is 6.92 Å². The summed E-state index contributed by atoms with van der Waals surface area (Å²) in [6, 6.07) is 13.0. The first-order valence-corrected chi connectivity index (χ1v) is 12.4. The van der Waals surface area contributed by atoms with Crippen molar-refractivity contribution in [1.29, 1.82) is 0 Å². The maximum Gasteiger partial charge on any atom is 0.251 e. The number of hydrogen-bond donors (Lipinski definition) is 1. The van der Waals surface area contributed by atoms with Crippen LogP contribution in [0.15, 0.2) is 42.5 Å². The van der Waals surface area contributed by atoms with Crippen LogP contribution in [0.2, 0.25) is 0 Å². The minimum atomic E-state index is -0.220. The number of imide groups is 1. The van der Waals surface area contributed by atoms with Gasteiger partial charge in [0.15, 0.2) is 5.13 Å². The van der Waals surface area contributed by atoms with E-state index in [4.69, 9.17) is 4.98 Å². The highest BCUT2D eigenvalue weighted by atomic mass is 32.1. The Morgan fingerprint density at radius 3 is 2.50 bits per heavy atom. The quantitative estimate of drug-likeness (QED) is 0.550. The normalized spacial score (nSPS) is 17.1. The van der Waals surface area contributed by atoms with Crippen molar-refractivity contribution in [3.05, 3.63) is 53.6 Å². The van der Waals surface area contributed by atoms with E-state index < -0.39 is 0 Å². The molecule has 2 saturated heterocycles. The van der Waals surface area contributed by atoms with Gasteiger partial charge in [0.1, 0.15) is 0 Å². The molecule has 0 atom stereocenters. The number of hydrogen-bond acceptors (Lipinski definition) is 7. The Morgan fingerprint density at radius 1 is 1.03 bits per heavy atom. The minimum absolute atomic E-state index is 0.204. The summed E-state index contributed by atoms with van der Waals surface area (Å²) in [4.78, 5) is 47.3. The highest BCUT2D eigenvalue weighted by Gasteiger charge is 2.30. The van der Waals surface area contributed by atoms with Crippen LogP contribution in [0.25, 0.3) is 10.2 Å². The van der Waals surface area contributed by atoms with E-state index >= 15 is 0 Å². The van der Waals surface area contributed by atoms with E-state index in [-0.39, 0.29) is 30.6 Å². The highest BCUT2D eigenvalue weighted by Crippen LogP contribution is 2.31. The Bertz CT molecular complexity index is 1230. The number of carbonyl (C=O) groups excluding carboxylic acids is 3. The molecule has 2 aromatic carbocycles. The molecule has 2 aliphatic heterocycles. The zero-order valence-electron chi connectivity index (χ0n) is 19.1. The van der Waals surface area contributed by atoms with Crippen LogP contribution >= 0.6 is 11.3 Å². The van der Waals surface area contributed by atoms with Gasteiger partial charge in [-0.3, -0.25) is 24.2 Å². The predicted molar refractivity (Wildman–Crippen MR) is 134 cm³/mol. The summed E-state index contributed by atoms with van der Waals surface area (Å²) in [7, 11) is 0. The van der Waals surface area contributed by atoms with Gasteiger partial charge >= 0.3 is 0 Å². The molecule has 1 aromatic heterocycles. The third-order valence-electron chi connectivity index (χ3n) is 6.38. The average molecular weight is 478 g/mol. The zero-order chi connectivity index (χ0) is 23.7. The van der Waals surface area contributed by atoms with Crippen LogP contribution < -0.4 is 15.1 Å². The van der Waals surface area contributed by atoms with Crippen LogP contribution in [0.3, 0.4) is 0 Å². The number of fused-ring (bicyclic) bond motifs is 1. The Balaban J connectivity index is 1.11. The van der Waals surface area contributed by atoms with E-state index in [0.29, 0.717) is 17.8 Å². The molecule has 3 heterocycles. The van der Waals surface area contributed by atoms with E-state index in [1.807, 2.05) is 0 Å². The van der Waals surface area contributed by atoms with Crippen molar-refractivity contribution < 1.29 is 14.4 Å². The molecule has 34 heavy (non-hydrogen) atoms. The number of carbonyl (C=O) groups is 3. The van der Waals surface area contributed by atoms with E-state index in [2.05, 4.69) is 40.2 Å². The fourth-order valence-electron chi connectivity index (χ4n) is 4.45. The molecule has 9 heteroatoms. The van der Waals surface area contributed by atoms with Gasteiger partial charge < -0.3 is 10.2 Å². The standard InChI is InChI=1S/C25H27N5O3S/c1-17-4-2-7-20-23(17)27-25(34-20)29-14-12-28(13-15-29)11-10-26-24(33)18-5-3-6-19(16-18)30-21(31)8-9-22(30)32/h2-7,16H,8-15H2,1H3,(H,26,33). The molecule has 2 fully saturated rings. The monoisotopic (exact) mass is 477 g/mol. The lowest BCUT2D eigenvalue weighted by Crippen LogP contribution is -2.48. The molecule has 0 bridgehead atoms. The molecule has 5 rings (SSSR count). The van der Waals surface area contributed by atoms with Crippen molar-refractivity contribution in [2.75, 3.05) is 49.1 Å². The second kappa shape index (κ2) is 9.52. The van der Waals surface area contributed by atoms with Gasteiger partial charge in [0, 0.05) is 57.7 Å². The van der Waals surface area contributed by atoms with Gasteiger partial charge in [0.05, 0.1) is 15.9 Å². The molecule has 2 aliphatic rings. The van der Waals surface area contributed by atoms with Gasteiger partial charge in [-0.25, -0.2) is 4.98 Å². The summed E-state index contributed by atoms with van der Waals surface area (Å²) in [5.41, 5.74) is 3.20. The van der Waals surface area contributed by atoms with Gasteiger partial charge in [0.25, 0.3) is 5.91 Å². The third-order valence-corrected chi connectivity index (χ3v) is 7.47. The molecule has 176 valence electrons. The summed E-state index contributed by atoms with van der Waals surface area (Å²) in [6.07, 6.45) is 0.447. The number of nitrogens with one attached hydrogen (secondary N) is 1. The maximum absolute atomic E-state index is 12.6. The number of aromatic nitrogens is 1. The number of para-hydroxylation sites is 1. The zero-order valence-corrected chi connectivity index (χ0v) is 19.9. The fourth-order valence-corrected chi connectivity index (χ4v) is 5.55. The van der Waals surface area contributed by atoms with Gasteiger partial charge in [-0.05, 0) is 36.8 Å². The topological polar surface area (TPSA) is 85.9 Å². The Labute approximate surface area is 202 Å². The Kier molecular flexibility index (Phi) is 6.30. The lowest BCUT2D eigenvalue weighted by atomic mass is 10.1. The van der Waals surface area contributed by atoms with Crippen LogP contribution in [0.4, 0.5) is 10.8 Å². The molecule has 0 saturated carbocycles. The summed E-state index contributed by atoms with van der Waals surface area (Å²) < 4.78 is 1.22. The van der Waals surface area contributed by atoms with Crippen LogP contribution in [-0.2, 0) is 9.59 Å². The second-order valence-corrected chi connectivity index (χ2v) is 9.68. The summed E-state index contributed by atoms with van der Waals surface area (Å²) in [5, 5.41) is 4.04. The molecule has 0 unspecified atom stereocenters. The smallest absolute Gasteiger partial charge is 0.251 e. The van der Waals surface area contributed by atoms with E-state index in [0.717, 1.165) is 43.4 Å². The minimum Gasteiger partial charge on any atom is -0.351 e. The molecule has 0 spiro atoms. The Morgan fingerprint density at radius 2 is 1.76 bits per heavy atom. The van der Waals surface area contributed by atoms with Crippen molar-refractivity contribution in [2.24, 2.45) is 0 Å². The SMILES string of the molecule is Cc1cccc2sc(N3CCN(CCNC(=O)c4cccc(N5C(=O)CCC5=O)c4)CC3)nc12. The number of amides is 3. The van der Waals surface area contributed by atoms with E-state index in [1.165, 1.54) is 15.2 Å². The van der Waals surface area contributed by atoms with Crippen molar-refractivity contribution in [3.8, 4) is 0 Å². The third kappa shape index (κ3) is 4.53. The number of thiazole rings is 1. The van der Waals surface area contributed by atoms with Gasteiger partial charge in [-0.1, -0.05) is 29.5 Å². The fraction of sp³-hybridized carbons (Fsp3) is 0.360. The number of benzene rings is 2. The van der Waals surface area contributed by atoms with Crippen LogP contribution in [0.5, 0.6) is 0 Å². The number of aryl methyl sites for hydroxylation is 1. The summed E-state index contributed by atoms with van der Waals surface area (Å²) in [6.45, 7) is 7.05. The van der Waals surface area contributed by atoms with Crippen molar-refractivity contribution in [3.63, 3.8) is 0 Å². The average Bonchev–Trinajstić information content (AvgIpc) is 3.43.